The highest BCUT2D eigenvalue weighted by Crippen LogP contribution is 2.18. The van der Waals surface area contributed by atoms with E-state index in [4.69, 9.17) is 4.74 Å². The Bertz CT molecular complexity index is 971. The highest BCUT2D eigenvalue weighted by Gasteiger charge is 2.11. The Morgan fingerprint density at radius 3 is 2.60 bits per heavy atom. The SMILES string of the molecule is Cn1c(COC(=O)/C=C/c2ccccc2[N+](=O)[O-])cc(=O)n(C)c1=O. The number of hydrogen-bond acceptors (Lipinski definition) is 6. The van der Waals surface area contributed by atoms with E-state index in [1.54, 1.807) is 6.07 Å². The molecule has 9 heteroatoms. The Labute approximate surface area is 141 Å². The molecule has 0 radical (unpaired) electrons. The van der Waals surface area contributed by atoms with Crippen LogP contribution in [-0.2, 0) is 30.2 Å². The van der Waals surface area contributed by atoms with Crippen molar-refractivity contribution in [3.05, 3.63) is 78.6 Å². The maximum absolute atomic E-state index is 11.8. The zero-order chi connectivity index (χ0) is 18.6. The summed E-state index contributed by atoms with van der Waals surface area (Å²) in [6.45, 7) is -0.276. The first-order valence-electron chi connectivity index (χ1n) is 7.15. The standard InChI is InChI=1S/C16H15N3O6/c1-17-12(9-14(20)18(2)16(17)22)10-25-15(21)8-7-11-5-3-4-6-13(11)19(23)24/h3-9H,10H2,1-2H3/b8-7+. The third kappa shape index (κ3) is 4.08. The molecule has 0 bridgehead atoms. The fourth-order valence-corrected chi connectivity index (χ4v) is 2.06. The number of aromatic nitrogens is 2. The van der Waals surface area contributed by atoms with Gasteiger partial charge in [-0.3, -0.25) is 24.0 Å². The van der Waals surface area contributed by atoms with Crippen molar-refractivity contribution < 1.29 is 14.5 Å². The van der Waals surface area contributed by atoms with Crippen molar-refractivity contribution in [3.8, 4) is 0 Å². The molecule has 0 spiro atoms. The summed E-state index contributed by atoms with van der Waals surface area (Å²) in [5.41, 5.74) is -0.690. The molecule has 25 heavy (non-hydrogen) atoms. The van der Waals surface area contributed by atoms with Crippen molar-refractivity contribution in [2.24, 2.45) is 14.1 Å². The van der Waals surface area contributed by atoms with Crippen LogP contribution in [0.25, 0.3) is 6.08 Å². The van der Waals surface area contributed by atoms with Gasteiger partial charge in [-0.15, -0.1) is 0 Å². The largest absolute Gasteiger partial charge is 0.456 e. The number of ether oxygens (including phenoxy) is 1. The molecule has 0 aliphatic carbocycles. The lowest BCUT2D eigenvalue weighted by Crippen LogP contribution is -2.38. The Morgan fingerprint density at radius 2 is 1.92 bits per heavy atom. The van der Waals surface area contributed by atoms with Gasteiger partial charge in [0, 0.05) is 32.3 Å². The minimum atomic E-state index is -0.758. The number of hydrogen-bond donors (Lipinski definition) is 0. The van der Waals surface area contributed by atoms with Gasteiger partial charge in [-0.2, -0.15) is 0 Å². The van der Waals surface area contributed by atoms with Crippen LogP contribution in [0.3, 0.4) is 0 Å². The van der Waals surface area contributed by atoms with Gasteiger partial charge in [-0.05, 0) is 12.1 Å². The van der Waals surface area contributed by atoms with Crippen LogP contribution in [0.4, 0.5) is 5.69 Å². The molecule has 0 unspecified atom stereocenters. The van der Waals surface area contributed by atoms with Crippen LogP contribution in [0.15, 0.2) is 46.0 Å². The molecule has 0 fully saturated rings. The lowest BCUT2D eigenvalue weighted by molar-refractivity contribution is -0.385. The molecule has 2 rings (SSSR count). The molecule has 9 nitrogen and oxygen atoms in total. The number of carbonyl (C=O) groups is 1. The van der Waals surface area contributed by atoms with Crippen molar-refractivity contribution in [2.75, 3.05) is 0 Å². The Kier molecular flexibility index (Phi) is 5.28. The summed E-state index contributed by atoms with van der Waals surface area (Å²) >= 11 is 0. The van der Waals surface area contributed by atoms with E-state index in [1.807, 2.05) is 0 Å². The van der Waals surface area contributed by atoms with Crippen molar-refractivity contribution in [2.45, 2.75) is 6.61 Å². The normalized spacial score (nSPS) is 10.8. The van der Waals surface area contributed by atoms with E-state index in [9.17, 15) is 24.5 Å². The first-order chi connectivity index (χ1) is 11.8. The van der Waals surface area contributed by atoms with E-state index in [2.05, 4.69) is 0 Å². The number of benzene rings is 1. The molecule has 1 heterocycles. The highest BCUT2D eigenvalue weighted by atomic mass is 16.6. The fourth-order valence-electron chi connectivity index (χ4n) is 2.06. The van der Waals surface area contributed by atoms with Crippen LogP contribution in [0, 0.1) is 10.1 Å². The van der Waals surface area contributed by atoms with E-state index in [0.717, 1.165) is 10.6 Å². The summed E-state index contributed by atoms with van der Waals surface area (Å²) in [6.07, 6.45) is 2.31. The highest BCUT2D eigenvalue weighted by molar-refractivity contribution is 5.87. The summed E-state index contributed by atoms with van der Waals surface area (Å²) in [4.78, 5) is 45.5. The third-order valence-corrected chi connectivity index (χ3v) is 3.52. The maximum Gasteiger partial charge on any atom is 0.331 e. The number of nitro benzene ring substituents is 1. The summed E-state index contributed by atoms with van der Waals surface area (Å²) < 4.78 is 7.10. The van der Waals surface area contributed by atoms with Crippen molar-refractivity contribution >= 4 is 17.7 Å². The van der Waals surface area contributed by atoms with Gasteiger partial charge >= 0.3 is 11.7 Å². The van der Waals surface area contributed by atoms with Crippen LogP contribution < -0.4 is 11.2 Å². The Morgan fingerprint density at radius 1 is 1.24 bits per heavy atom. The van der Waals surface area contributed by atoms with E-state index in [0.29, 0.717) is 0 Å². The molecule has 1 aromatic carbocycles. The lowest BCUT2D eigenvalue weighted by atomic mass is 10.1. The molecule has 0 aliphatic heterocycles. The quantitative estimate of drug-likeness (QED) is 0.342. The molecular weight excluding hydrogens is 330 g/mol. The van der Waals surface area contributed by atoms with E-state index >= 15 is 0 Å². The van der Waals surface area contributed by atoms with Gasteiger partial charge in [0.25, 0.3) is 11.2 Å². The Balaban J connectivity index is 2.11. The molecular formula is C16H15N3O6. The predicted molar refractivity (Wildman–Crippen MR) is 88.9 cm³/mol. The average Bonchev–Trinajstić information content (AvgIpc) is 2.60. The molecule has 130 valence electrons. The first-order valence-corrected chi connectivity index (χ1v) is 7.15. The zero-order valence-electron chi connectivity index (χ0n) is 13.5. The molecule has 2 aromatic rings. The minimum Gasteiger partial charge on any atom is -0.456 e. The second-order valence-electron chi connectivity index (χ2n) is 5.13. The fraction of sp³-hybridized carbons (Fsp3) is 0.188. The molecule has 0 atom stereocenters. The smallest absolute Gasteiger partial charge is 0.331 e. The van der Waals surface area contributed by atoms with Crippen molar-refractivity contribution in [3.63, 3.8) is 0 Å². The number of nitro groups is 1. The van der Waals surface area contributed by atoms with Gasteiger partial charge in [0.15, 0.2) is 0 Å². The zero-order valence-corrected chi connectivity index (χ0v) is 13.5. The van der Waals surface area contributed by atoms with Gasteiger partial charge in [0.2, 0.25) is 0 Å². The average molecular weight is 345 g/mol. The van der Waals surface area contributed by atoms with E-state index in [-0.39, 0.29) is 23.6 Å². The molecule has 1 aromatic heterocycles. The van der Waals surface area contributed by atoms with Crippen LogP contribution in [0.2, 0.25) is 0 Å². The summed E-state index contributed by atoms with van der Waals surface area (Å²) in [5.74, 6) is -0.758. The second-order valence-corrected chi connectivity index (χ2v) is 5.13. The number of para-hydroxylation sites is 1. The van der Waals surface area contributed by atoms with Gasteiger partial charge in [0.05, 0.1) is 16.2 Å². The Hall–Kier alpha value is -3.49. The molecule has 0 saturated carbocycles. The number of nitrogens with zero attached hydrogens (tertiary/aromatic N) is 3. The summed E-state index contributed by atoms with van der Waals surface area (Å²) in [7, 11) is 2.80. The minimum absolute atomic E-state index is 0.138. The number of rotatable bonds is 5. The van der Waals surface area contributed by atoms with Crippen LogP contribution in [0.5, 0.6) is 0 Å². The predicted octanol–water partition coefficient (Wildman–Crippen LogP) is 0.749. The topological polar surface area (TPSA) is 113 Å². The van der Waals surface area contributed by atoms with E-state index in [1.165, 1.54) is 49.0 Å². The molecule has 0 amide bonds. The first kappa shape index (κ1) is 17.9. The van der Waals surface area contributed by atoms with Gasteiger partial charge in [-0.1, -0.05) is 12.1 Å². The number of carbonyl (C=O) groups excluding carboxylic acids is 1. The van der Waals surface area contributed by atoms with E-state index < -0.39 is 22.1 Å². The summed E-state index contributed by atoms with van der Waals surface area (Å²) in [6, 6.07) is 7.13. The maximum atomic E-state index is 11.8. The van der Waals surface area contributed by atoms with Crippen LogP contribution in [0.1, 0.15) is 11.3 Å². The third-order valence-electron chi connectivity index (χ3n) is 3.52. The molecule has 0 N–H and O–H groups in total. The van der Waals surface area contributed by atoms with Crippen molar-refractivity contribution in [1.82, 2.24) is 9.13 Å². The van der Waals surface area contributed by atoms with Crippen LogP contribution >= 0.6 is 0 Å². The summed E-state index contributed by atoms with van der Waals surface area (Å²) in [5, 5.41) is 10.9. The lowest BCUT2D eigenvalue weighted by Gasteiger charge is -2.09. The van der Waals surface area contributed by atoms with Crippen molar-refractivity contribution in [1.29, 1.82) is 0 Å². The van der Waals surface area contributed by atoms with Gasteiger partial charge in [0.1, 0.15) is 6.61 Å². The van der Waals surface area contributed by atoms with Gasteiger partial charge < -0.3 is 4.74 Å². The van der Waals surface area contributed by atoms with Crippen LogP contribution in [-0.4, -0.2) is 20.0 Å². The van der Waals surface area contributed by atoms with Gasteiger partial charge in [-0.25, -0.2) is 9.59 Å². The molecule has 0 saturated heterocycles. The number of esters is 1. The second kappa shape index (κ2) is 7.39. The molecule has 0 aliphatic rings. The monoisotopic (exact) mass is 345 g/mol.